The molecule has 0 saturated carbocycles. The molecule has 1 aliphatic carbocycles. The monoisotopic (exact) mass is 465 g/mol. The first-order valence-electron chi connectivity index (χ1n) is 10.4. The molecular formula is C25H18F3N3OS. The molecule has 0 saturated heterocycles. The molecular weight excluding hydrogens is 447 g/mol. The smallest absolute Gasteiger partial charge is 0.309 e. The topological polar surface area (TPSA) is 49.0 Å². The van der Waals surface area contributed by atoms with E-state index in [0.717, 1.165) is 17.7 Å². The summed E-state index contributed by atoms with van der Waals surface area (Å²) in [6, 6.07) is 12.8. The van der Waals surface area contributed by atoms with Gasteiger partial charge in [0.1, 0.15) is 5.82 Å². The van der Waals surface area contributed by atoms with Crippen LogP contribution in [0.2, 0.25) is 0 Å². The number of aromatic nitrogens is 1. The van der Waals surface area contributed by atoms with Crippen LogP contribution in [0.5, 0.6) is 0 Å². The number of ketones is 1. The van der Waals surface area contributed by atoms with Crippen LogP contribution in [-0.4, -0.2) is 10.4 Å². The van der Waals surface area contributed by atoms with Crippen molar-refractivity contribution in [3.05, 3.63) is 93.6 Å². The van der Waals surface area contributed by atoms with Crippen molar-refractivity contribution in [1.29, 1.82) is 5.26 Å². The van der Waals surface area contributed by atoms with Gasteiger partial charge in [-0.1, -0.05) is 6.07 Å². The molecule has 166 valence electrons. The lowest BCUT2D eigenvalue weighted by atomic mass is 9.76. The third-order valence-electron chi connectivity index (χ3n) is 6.01. The van der Waals surface area contributed by atoms with Crippen molar-refractivity contribution in [2.75, 3.05) is 4.90 Å². The van der Waals surface area contributed by atoms with E-state index < -0.39 is 17.7 Å². The highest BCUT2D eigenvalue weighted by molar-refractivity contribution is 7.08. The molecule has 8 heteroatoms. The van der Waals surface area contributed by atoms with Crippen LogP contribution in [0.3, 0.4) is 0 Å². The number of nitrogens with zero attached hydrogens (tertiary/aromatic N) is 3. The molecule has 0 radical (unpaired) electrons. The van der Waals surface area contributed by atoms with Gasteiger partial charge in [-0.3, -0.25) is 9.69 Å². The van der Waals surface area contributed by atoms with Crippen LogP contribution in [-0.2, 0) is 11.0 Å². The zero-order chi connectivity index (χ0) is 23.2. The van der Waals surface area contributed by atoms with Gasteiger partial charge in [0, 0.05) is 35.8 Å². The van der Waals surface area contributed by atoms with Crippen molar-refractivity contribution in [1.82, 2.24) is 4.57 Å². The highest BCUT2D eigenvalue weighted by Crippen LogP contribution is 2.49. The van der Waals surface area contributed by atoms with Gasteiger partial charge in [-0.15, -0.1) is 0 Å². The molecule has 5 rings (SSSR count). The van der Waals surface area contributed by atoms with E-state index in [9.17, 15) is 23.2 Å². The number of hydrogen-bond acceptors (Lipinski definition) is 4. The number of halogens is 3. The SMILES string of the molecule is N#CC1=C(n2cccc2)N(c2cccc(C(F)(F)F)c2)C2=C(C(=O)CCC2)C1c1ccsc1. The average molecular weight is 466 g/mol. The molecule has 0 fully saturated rings. The van der Waals surface area contributed by atoms with Crippen LogP contribution in [0.1, 0.15) is 36.3 Å². The van der Waals surface area contributed by atoms with Crippen LogP contribution in [0.4, 0.5) is 18.9 Å². The fourth-order valence-corrected chi connectivity index (χ4v) is 5.33. The molecule has 3 aromatic rings. The van der Waals surface area contributed by atoms with Crippen LogP contribution in [0, 0.1) is 11.3 Å². The Bertz CT molecular complexity index is 1310. The molecule has 2 aliphatic rings. The Morgan fingerprint density at radius 3 is 2.55 bits per heavy atom. The van der Waals surface area contributed by atoms with Crippen molar-refractivity contribution in [2.45, 2.75) is 31.4 Å². The Morgan fingerprint density at radius 1 is 1.09 bits per heavy atom. The molecule has 0 spiro atoms. The number of Topliss-reactive ketones (excluding diaryl/α,β-unsaturated/α-hetero) is 1. The lowest BCUT2D eigenvalue weighted by molar-refractivity contribution is -0.137. The maximum Gasteiger partial charge on any atom is 0.416 e. The third kappa shape index (κ3) is 3.58. The van der Waals surface area contributed by atoms with Gasteiger partial charge in [-0.25, -0.2) is 0 Å². The summed E-state index contributed by atoms with van der Waals surface area (Å²) in [7, 11) is 0. The quantitative estimate of drug-likeness (QED) is 0.440. The average Bonchev–Trinajstić information content (AvgIpc) is 3.51. The van der Waals surface area contributed by atoms with Gasteiger partial charge in [-0.2, -0.15) is 29.8 Å². The maximum atomic E-state index is 13.5. The van der Waals surface area contributed by atoms with Crippen molar-refractivity contribution in [2.24, 2.45) is 0 Å². The number of anilines is 1. The van der Waals surface area contributed by atoms with Gasteiger partial charge in [0.2, 0.25) is 0 Å². The van der Waals surface area contributed by atoms with Crippen LogP contribution in [0.15, 0.2) is 82.5 Å². The molecule has 0 N–H and O–H groups in total. The second-order valence-electron chi connectivity index (χ2n) is 7.95. The van der Waals surface area contributed by atoms with E-state index in [0.29, 0.717) is 41.9 Å². The first kappa shape index (κ1) is 21.3. The summed E-state index contributed by atoms with van der Waals surface area (Å²) in [5.74, 6) is -0.168. The van der Waals surface area contributed by atoms with Crippen LogP contribution >= 0.6 is 11.3 Å². The number of hydrogen-bond donors (Lipinski definition) is 0. The van der Waals surface area contributed by atoms with E-state index in [2.05, 4.69) is 6.07 Å². The number of nitriles is 1. The molecule has 0 amide bonds. The molecule has 3 heterocycles. The lowest BCUT2D eigenvalue weighted by Crippen LogP contribution is -2.36. The first-order valence-corrected chi connectivity index (χ1v) is 11.4. The zero-order valence-electron chi connectivity index (χ0n) is 17.3. The van der Waals surface area contributed by atoms with E-state index >= 15 is 0 Å². The van der Waals surface area contributed by atoms with Crippen molar-refractivity contribution >= 4 is 28.6 Å². The van der Waals surface area contributed by atoms with Crippen molar-refractivity contribution in [3.8, 4) is 6.07 Å². The van der Waals surface area contributed by atoms with Crippen LogP contribution in [0.25, 0.3) is 5.82 Å². The number of alkyl halides is 3. The number of allylic oxidation sites excluding steroid dienone is 3. The van der Waals surface area contributed by atoms with Gasteiger partial charge in [0.05, 0.1) is 23.1 Å². The molecule has 33 heavy (non-hydrogen) atoms. The Kier molecular flexibility index (Phi) is 5.22. The van der Waals surface area contributed by atoms with Gasteiger partial charge < -0.3 is 4.57 Å². The van der Waals surface area contributed by atoms with Gasteiger partial charge >= 0.3 is 6.18 Å². The van der Waals surface area contributed by atoms with E-state index in [-0.39, 0.29) is 11.5 Å². The largest absolute Gasteiger partial charge is 0.416 e. The number of rotatable bonds is 3. The van der Waals surface area contributed by atoms with E-state index in [4.69, 9.17) is 0 Å². The molecule has 1 aromatic carbocycles. The summed E-state index contributed by atoms with van der Waals surface area (Å²) in [4.78, 5) is 14.9. The van der Waals surface area contributed by atoms with Crippen molar-refractivity contribution < 1.29 is 18.0 Å². The summed E-state index contributed by atoms with van der Waals surface area (Å²) in [6.45, 7) is 0. The Balaban J connectivity index is 1.83. The fraction of sp³-hybridized carbons (Fsp3) is 0.200. The lowest BCUT2D eigenvalue weighted by Gasteiger charge is -2.41. The van der Waals surface area contributed by atoms with E-state index in [1.807, 2.05) is 16.8 Å². The van der Waals surface area contributed by atoms with E-state index in [1.54, 1.807) is 40.1 Å². The molecule has 0 bridgehead atoms. The van der Waals surface area contributed by atoms with E-state index in [1.165, 1.54) is 17.4 Å². The minimum absolute atomic E-state index is 0.0660. The number of thiophene rings is 1. The first-order chi connectivity index (χ1) is 15.9. The molecule has 2 aromatic heterocycles. The molecule has 1 atom stereocenters. The summed E-state index contributed by atoms with van der Waals surface area (Å²) >= 11 is 1.48. The Labute approximate surface area is 192 Å². The van der Waals surface area contributed by atoms with Crippen LogP contribution < -0.4 is 4.90 Å². The number of carbonyl (C=O) groups excluding carboxylic acids is 1. The summed E-state index contributed by atoms with van der Waals surface area (Å²) < 4.78 is 42.4. The molecule has 1 aliphatic heterocycles. The summed E-state index contributed by atoms with van der Waals surface area (Å²) in [5.41, 5.74) is 1.82. The van der Waals surface area contributed by atoms with Gasteiger partial charge in [0.25, 0.3) is 0 Å². The second kappa shape index (κ2) is 8.09. The molecule has 4 nitrogen and oxygen atoms in total. The fourth-order valence-electron chi connectivity index (χ4n) is 4.65. The Hall–Kier alpha value is -3.57. The highest BCUT2D eigenvalue weighted by atomic mass is 32.1. The summed E-state index contributed by atoms with van der Waals surface area (Å²) in [6.07, 6.45) is 0.488. The number of carbonyl (C=O) groups is 1. The minimum Gasteiger partial charge on any atom is -0.309 e. The zero-order valence-corrected chi connectivity index (χ0v) is 18.2. The maximum absolute atomic E-state index is 13.5. The predicted octanol–water partition coefficient (Wildman–Crippen LogP) is 6.57. The highest BCUT2D eigenvalue weighted by Gasteiger charge is 2.42. The predicted molar refractivity (Wildman–Crippen MR) is 120 cm³/mol. The number of benzene rings is 1. The van der Waals surface area contributed by atoms with Gasteiger partial charge in [0.15, 0.2) is 5.78 Å². The molecule has 1 unspecified atom stereocenters. The van der Waals surface area contributed by atoms with Gasteiger partial charge in [-0.05, 0) is 65.6 Å². The van der Waals surface area contributed by atoms with Crippen molar-refractivity contribution in [3.63, 3.8) is 0 Å². The third-order valence-corrected chi connectivity index (χ3v) is 6.71. The normalized spacial score (nSPS) is 19.0. The Morgan fingerprint density at radius 2 is 1.88 bits per heavy atom. The summed E-state index contributed by atoms with van der Waals surface area (Å²) in [5, 5.41) is 14.1. The standard InChI is InChI=1S/C25H18F3N3OS/c26-25(27,28)17-5-3-6-18(13-17)31-20-7-4-8-21(32)23(20)22(16-9-12-33-15-16)19(14-29)24(31)30-10-1-2-11-30/h1-3,5-6,9-13,15,22H,4,7-8H2. The second-order valence-corrected chi connectivity index (χ2v) is 8.73. The minimum atomic E-state index is -4.51.